The number of halogens is 1. The van der Waals surface area contributed by atoms with Gasteiger partial charge in [-0.05, 0) is 51.3 Å². The minimum absolute atomic E-state index is 0. The van der Waals surface area contributed by atoms with Crippen molar-refractivity contribution in [1.29, 1.82) is 0 Å². The summed E-state index contributed by atoms with van der Waals surface area (Å²) in [4.78, 5) is 16.9. The van der Waals surface area contributed by atoms with Gasteiger partial charge in [-0.15, -0.1) is 12.4 Å². The molecule has 2 aromatic heterocycles. The number of aryl methyl sites for hydroxylation is 2. The number of hydrogen-bond donors (Lipinski definition) is 2. The summed E-state index contributed by atoms with van der Waals surface area (Å²) in [7, 11) is 0. The van der Waals surface area contributed by atoms with Gasteiger partial charge in [0.25, 0.3) is 11.6 Å². The van der Waals surface area contributed by atoms with E-state index in [0.717, 1.165) is 31.6 Å². The zero-order valence-electron chi connectivity index (χ0n) is 13.7. The number of carbonyl (C=O) groups is 1. The normalized spacial score (nSPS) is 16.8. The topological polar surface area (TPSA) is 80.0 Å². The molecule has 3 rings (SSSR count). The van der Waals surface area contributed by atoms with E-state index in [0.29, 0.717) is 28.9 Å². The van der Waals surface area contributed by atoms with Crippen molar-refractivity contribution >= 4 is 29.4 Å². The molecule has 23 heavy (non-hydrogen) atoms. The van der Waals surface area contributed by atoms with Crippen LogP contribution in [-0.2, 0) is 0 Å². The van der Waals surface area contributed by atoms with Crippen LogP contribution in [0.5, 0.6) is 0 Å². The lowest BCUT2D eigenvalue weighted by Gasteiger charge is -2.34. The Morgan fingerprint density at radius 2 is 2.09 bits per heavy atom. The summed E-state index contributed by atoms with van der Waals surface area (Å²) in [6.07, 6.45) is 2.15. The number of nitrogens with one attached hydrogen (secondary N) is 2. The second-order valence-electron chi connectivity index (χ2n) is 6.50. The van der Waals surface area contributed by atoms with Crippen LogP contribution >= 0.6 is 12.4 Å². The first-order valence-corrected chi connectivity index (χ1v) is 7.71. The molecule has 3 heterocycles. The number of nitrogens with zero attached hydrogens (tertiary/aromatic N) is 2. The van der Waals surface area contributed by atoms with Crippen molar-refractivity contribution < 1.29 is 9.32 Å². The van der Waals surface area contributed by atoms with Gasteiger partial charge in [0, 0.05) is 12.2 Å². The molecule has 1 amide bonds. The third kappa shape index (κ3) is 3.64. The van der Waals surface area contributed by atoms with E-state index < -0.39 is 0 Å². The highest BCUT2D eigenvalue weighted by Gasteiger charge is 2.28. The predicted octanol–water partition coefficient (Wildman–Crippen LogP) is 2.38. The number of piperidine rings is 1. The fourth-order valence-electron chi connectivity index (χ4n) is 2.99. The highest BCUT2D eigenvalue weighted by atomic mass is 35.5. The van der Waals surface area contributed by atoms with Crippen LogP contribution in [-0.4, -0.2) is 35.7 Å². The molecule has 0 aromatic carbocycles. The predicted molar refractivity (Wildman–Crippen MR) is 91.1 cm³/mol. The van der Waals surface area contributed by atoms with Gasteiger partial charge in [0.05, 0.1) is 16.6 Å². The molecule has 0 unspecified atom stereocenters. The number of carbonyl (C=O) groups excluding carboxylic acids is 1. The molecule has 1 aliphatic heterocycles. The smallest absolute Gasteiger partial charge is 0.258 e. The van der Waals surface area contributed by atoms with Crippen LogP contribution in [0.25, 0.3) is 11.1 Å². The minimum atomic E-state index is -0.0819. The Bertz CT molecular complexity index is 707. The Labute approximate surface area is 141 Å². The van der Waals surface area contributed by atoms with Gasteiger partial charge in [-0.3, -0.25) is 4.79 Å². The average molecular weight is 339 g/mol. The molecule has 1 aliphatic rings. The largest absolute Gasteiger partial charge is 0.351 e. The van der Waals surface area contributed by atoms with Crippen LogP contribution in [0.15, 0.2) is 10.6 Å². The van der Waals surface area contributed by atoms with Crippen molar-refractivity contribution in [3.05, 3.63) is 23.0 Å². The number of amides is 1. The van der Waals surface area contributed by atoms with Crippen molar-refractivity contribution in [2.24, 2.45) is 5.41 Å². The Hall–Kier alpha value is -1.66. The van der Waals surface area contributed by atoms with Gasteiger partial charge in [0.15, 0.2) is 0 Å². The molecule has 7 heteroatoms. The van der Waals surface area contributed by atoms with Gasteiger partial charge in [-0.2, -0.15) is 0 Å². The number of aromatic nitrogens is 2. The standard InChI is InChI=1S/C16H22N4O2.ClH/c1-10-8-12(13-11(2)20-22-15(13)19-10)14(21)18-9-16(3)4-6-17-7-5-16;/h8,17H,4-7,9H2,1-3H3,(H,18,21);1H. The van der Waals surface area contributed by atoms with Gasteiger partial charge < -0.3 is 15.2 Å². The van der Waals surface area contributed by atoms with Gasteiger partial charge in [-0.25, -0.2) is 4.98 Å². The second kappa shape index (κ2) is 6.84. The van der Waals surface area contributed by atoms with Gasteiger partial charge in [-0.1, -0.05) is 12.1 Å². The van der Waals surface area contributed by atoms with E-state index in [9.17, 15) is 4.79 Å². The number of pyridine rings is 1. The lowest BCUT2D eigenvalue weighted by Crippen LogP contribution is -2.42. The molecular weight excluding hydrogens is 316 g/mol. The maximum Gasteiger partial charge on any atom is 0.258 e. The number of hydrogen-bond acceptors (Lipinski definition) is 5. The molecule has 1 saturated heterocycles. The Kier molecular flexibility index (Phi) is 5.26. The number of rotatable bonds is 3. The van der Waals surface area contributed by atoms with Crippen LogP contribution in [0.2, 0.25) is 0 Å². The average Bonchev–Trinajstić information content (AvgIpc) is 2.86. The molecule has 0 saturated carbocycles. The van der Waals surface area contributed by atoms with Crippen LogP contribution in [0.4, 0.5) is 0 Å². The molecule has 2 N–H and O–H groups in total. The summed E-state index contributed by atoms with van der Waals surface area (Å²) in [5, 5.41) is 11.1. The lowest BCUT2D eigenvalue weighted by molar-refractivity contribution is 0.0923. The molecule has 126 valence electrons. The molecule has 0 aliphatic carbocycles. The lowest BCUT2D eigenvalue weighted by atomic mass is 9.81. The molecular formula is C16H23ClN4O2. The molecule has 6 nitrogen and oxygen atoms in total. The molecule has 0 radical (unpaired) electrons. The monoisotopic (exact) mass is 338 g/mol. The van der Waals surface area contributed by atoms with Crippen molar-refractivity contribution in [1.82, 2.24) is 20.8 Å². The van der Waals surface area contributed by atoms with E-state index in [1.807, 2.05) is 13.8 Å². The fourth-order valence-corrected chi connectivity index (χ4v) is 2.99. The van der Waals surface area contributed by atoms with Crippen molar-refractivity contribution in [2.75, 3.05) is 19.6 Å². The van der Waals surface area contributed by atoms with Crippen molar-refractivity contribution in [2.45, 2.75) is 33.6 Å². The van der Waals surface area contributed by atoms with Gasteiger partial charge >= 0.3 is 0 Å². The summed E-state index contributed by atoms with van der Waals surface area (Å²) in [5.41, 5.74) is 2.63. The quantitative estimate of drug-likeness (QED) is 0.898. The SMILES string of the molecule is Cc1cc(C(=O)NCC2(C)CCNCC2)c2c(C)noc2n1.Cl. The molecule has 1 fully saturated rings. The van der Waals surface area contributed by atoms with Crippen molar-refractivity contribution in [3.63, 3.8) is 0 Å². The van der Waals surface area contributed by atoms with Crippen LogP contribution in [0, 0.1) is 19.3 Å². The minimum Gasteiger partial charge on any atom is -0.351 e. The van der Waals surface area contributed by atoms with Gasteiger partial charge in [0.1, 0.15) is 0 Å². The first-order chi connectivity index (χ1) is 10.5. The Morgan fingerprint density at radius 1 is 1.39 bits per heavy atom. The summed E-state index contributed by atoms with van der Waals surface area (Å²) >= 11 is 0. The van der Waals surface area contributed by atoms with E-state index in [4.69, 9.17) is 4.52 Å². The summed E-state index contributed by atoms with van der Waals surface area (Å²) < 4.78 is 5.19. The highest BCUT2D eigenvalue weighted by molar-refractivity contribution is 6.06. The second-order valence-corrected chi connectivity index (χ2v) is 6.50. The molecule has 0 atom stereocenters. The first kappa shape index (κ1) is 17.7. The van der Waals surface area contributed by atoms with Crippen LogP contribution < -0.4 is 10.6 Å². The Morgan fingerprint density at radius 3 is 2.78 bits per heavy atom. The summed E-state index contributed by atoms with van der Waals surface area (Å²) in [6.45, 7) is 8.61. The maximum atomic E-state index is 12.6. The highest BCUT2D eigenvalue weighted by Crippen LogP contribution is 2.27. The molecule has 2 aromatic rings. The maximum absolute atomic E-state index is 12.6. The zero-order chi connectivity index (χ0) is 15.7. The molecule has 0 bridgehead atoms. The van der Waals surface area contributed by atoms with E-state index in [1.165, 1.54) is 0 Å². The number of fused-ring (bicyclic) bond motifs is 1. The van der Waals surface area contributed by atoms with Gasteiger partial charge in [0.2, 0.25) is 0 Å². The molecule has 0 spiro atoms. The zero-order valence-corrected chi connectivity index (χ0v) is 14.5. The van der Waals surface area contributed by atoms with Crippen molar-refractivity contribution in [3.8, 4) is 0 Å². The van der Waals surface area contributed by atoms with Crippen LogP contribution in [0.1, 0.15) is 41.5 Å². The fraction of sp³-hybridized carbons (Fsp3) is 0.562. The third-order valence-corrected chi connectivity index (χ3v) is 4.48. The van der Waals surface area contributed by atoms with E-state index in [1.54, 1.807) is 6.07 Å². The van der Waals surface area contributed by atoms with Crippen LogP contribution in [0.3, 0.4) is 0 Å². The summed E-state index contributed by atoms with van der Waals surface area (Å²) in [5.74, 6) is -0.0819. The Balaban J connectivity index is 0.00000192. The third-order valence-electron chi connectivity index (χ3n) is 4.48. The first-order valence-electron chi connectivity index (χ1n) is 7.71. The van der Waals surface area contributed by atoms with E-state index in [2.05, 4.69) is 27.7 Å². The van der Waals surface area contributed by atoms with E-state index in [-0.39, 0.29) is 23.7 Å². The summed E-state index contributed by atoms with van der Waals surface area (Å²) in [6, 6.07) is 1.80. The van der Waals surface area contributed by atoms with E-state index >= 15 is 0 Å².